The number of carbonyl (C=O) groups is 2. The first-order valence-electron chi connectivity index (χ1n) is 7.42. The van der Waals surface area contributed by atoms with Gasteiger partial charge in [0.15, 0.2) is 11.9 Å². The Bertz CT molecular complexity index is 753. The number of benzene rings is 2. The summed E-state index contributed by atoms with van der Waals surface area (Å²) >= 11 is 0. The van der Waals surface area contributed by atoms with Gasteiger partial charge in [-0.3, -0.25) is 9.59 Å². The van der Waals surface area contributed by atoms with E-state index in [4.69, 9.17) is 4.74 Å². The van der Waals surface area contributed by atoms with Gasteiger partial charge in [0.05, 0.1) is 5.56 Å². The molecule has 0 aliphatic rings. The quantitative estimate of drug-likeness (QED) is 0.817. The minimum atomic E-state index is -4.43. The van der Waals surface area contributed by atoms with Crippen LogP contribution in [0.15, 0.2) is 48.5 Å². The van der Waals surface area contributed by atoms with Crippen molar-refractivity contribution in [3.63, 3.8) is 0 Å². The van der Waals surface area contributed by atoms with Gasteiger partial charge in [-0.15, -0.1) is 0 Å². The number of Topliss-reactive ketones (excluding diaryl/α,β-unsaturated/α-hetero) is 1. The summed E-state index contributed by atoms with van der Waals surface area (Å²) in [5.41, 5.74) is -0.0325. The average Bonchev–Trinajstić information content (AvgIpc) is 2.55. The van der Waals surface area contributed by atoms with Crippen LogP contribution in [0.1, 0.15) is 29.8 Å². The monoisotopic (exact) mass is 351 g/mol. The summed E-state index contributed by atoms with van der Waals surface area (Å²) in [7, 11) is 0. The maximum absolute atomic E-state index is 12.5. The van der Waals surface area contributed by atoms with Crippen LogP contribution in [0.4, 0.5) is 18.9 Å². The fourth-order valence-electron chi connectivity index (χ4n) is 2.01. The van der Waals surface area contributed by atoms with Crippen LogP contribution < -0.4 is 10.1 Å². The first-order chi connectivity index (χ1) is 11.7. The summed E-state index contributed by atoms with van der Waals surface area (Å²) in [5.74, 6) is -0.185. The molecule has 1 amide bonds. The van der Waals surface area contributed by atoms with E-state index in [2.05, 4.69) is 5.32 Å². The number of alkyl halides is 3. The smallest absolute Gasteiger partial charge is 0.416 e. The lowest BCUT2D eigenvalue weighted by atomic mass is 10.1. The van der Waals surface area contributed by atoms with Gasteiger partial charge in [-0.2, -0.15) is 13.2 Å². The second-order valence-electron chi connectivity index (χ2n) is 5.41. The number of carbonyl (C=O) groups excluding carboxylic acids is 2. The average molecular weight is 351 g/mol. The van der Waals surface area contributed by atoms with Crippen molar-refractivity contribution < 1.29 is 27.5 Å². The van der Waals surface area contributed by atoms with E-state index in [1.54, 1.807) is 24.3 Å². The number of halogens is 3. The SMILES string of the molecule is CC(=O)c1ccc(OC(C)C(=O)Nc2ccc(C(F)(F)F)cc2)cc1. The molecule has 2 aromatic rings. The Labute approximate surface area is 142 Å². The molecule has 0 radical (unpaired) electrons. The molecule has 2 rings (SSSR count). The number of rotatable bonds is 5. The third-order valence-electron chi connectivity index (χ3n) is 3.42. The van der Waals surface area contributed by atoms with Gasteiger partial charge in [0.25, 0.3) is 5.91 Å². The molecule has 0 bridgehead atoms. The highest BCUT2D eigenvalue weighted by Crippen LogP contribution is 2.29. The van der Waals surface area contributed by atoms with Crippen molar-refractivity contribution in [1.82, 2.24) is 0 Å². The summed E-state index contributed by atoms with van der Waals surface area (Å²) in [5, 5.41) is 2.48. The van der Waals surface area contributed by atoms with Crippen molar-refractivity contribution >= 4 is 17.4 Å². The highest BCUT2D eigenvalue weighted by Gasteiger charge is 2.30. The van der Waals surface area contributed by atoms with Gasteiger partial charge in [0, 0.05) is 11.3 Å². The lowest BCUT2D eigenvalue weighted by Gasteiger charge is -2.15. The minimum absolute atomic E-state index is 0.0837. The molecule has 0 aromatic heterocycles. The molecule has 1 atom stereocenters. The van der Waals surface area contributed by atoms with Gasteiger partial charge in [0.2, 0.25) is 0 Å². The first kappa shape index (κ1) is 18.5. The van der Waals surface area contributed by atoms with Gasteiger partial charge in [0.1, 0.15) is 5.75 Å². The fraction of sp³-hybridized carbons (Fsp3) is 0.222. The van der Waals surface area contributed by atoms with Crippen LogP contribution in [0.25, 0.3) is 0 Å². The number of nitrogens with one attached hydrogen (secondary N) is 1. The Hall–Kier alpha value is -2.83. The molecule has 132 valence electrons. The number of ketones is 1. The van der Waals surface area contributed by atoms with E-state index in [-0.39, 0.29) is 11.5 Å². The Morgan fingerprint density at radius 2 is 1.56 bits per heavy atom. The van der Waals surface area contributed by atoms with E-state index in [1.807, 2.05) is 0 Å². The van der Waals surface area contributed by atoms with E-state index < -0.39 is 23.8 Å². The van der Waals surface area contributed by atoms with Crippen molar-refractivity contribution in [2.24, 2.45) is 0 Å². The lowest BCUT2D eigenvalue weighted by molar-refractivity contribution is -0.137. The minimum Gasteiger partial charge on any atom is -0.481 e. The van der Waals surface area contributed by atoms with Crippen LogP contribution in [0.3, 0.4) is 0 Å². The zero-order valence-electron chi connectivity index (χ0n) is 13.6. The van der Waals surface area contributed by atoms with Crippen molar-refractivity contribution in [3.05, 3.63) is 59.7 Å². The largest absolute Gasteiger partial charge is 0.481 e. The number of hydrogen-bond acceptors (Lipinski definition) is 3. The summed E-state index contributed by atoms with van der Waals surface area (Å²) in [6, 6.07) is 10.4. The lowest BCUT2D eigenvalue weighted by Crippen LogP contribution is -2.30. The molecule has 0 saturated heterocycles. The Balaban J connectivity index is 1.97. The molecule has 1 N–H and O–H groups in total. The fourth-order valence-corrected chi connectivity index (χ4v) is 2.01. The van der Waals surface area contributed by atoms with Crippen molar-refractivity contribution in [2.75, 3.05) is 5.32 Å². The molecule has 2 aromatic carbocycles. The number of amides is 1. The molecule has 25 heavy (non-hydrogen) atoms. The molecular formula is C18H16F3NO3. The normalized spacial score (nSPS) is 12.4. The van der Waals surface area contributed by atoms with Gasteiger partial charge in [-0.05, 0) is 62.4 Å². The summed E-state index contributed by atoms with van der Waals surface area (Å²) in [6.45, 7) is 2.95. The molecule has 0 aliphatic heterocycles. The Kier molecular flexibility index (Phi) is 5.46. The predicted molar refractivity (Wildman–Crippen MR) is 86.6 cm³/mol. The maximum atomic E-state index is 12.5. The predicted octanol–water partition coefficient (Wildman–Crippen LogP) is 4.31. The summed E-state index contributed by atoms with van der Waals surface area (Å²) in [6.07, 6.45) is -5.30. The van der Waals surface area contributed by atoms with Crippen LogP contribution in [0.2, 0.25) is 0 Å². The van der Waals surface area contributed by atoms with Crippen LogP contribution in [0, 0.1) is 0 Å². The number of hydrogen-bond donors (Lipinski definition) is 1. The number of ether oxygens (including phenoxy) is 1. The molecule has 0 spiro atoms. The van der Waals surface area contributed by atoms with Crippen molar-refractivity contribution in [3.8, 4) is 5.75 Å². The van der Waals surface area contributed by atoms with Crippen LogP contribution >= 0.6 is 0 Å². The third-order valence-corrected chi connectivity index (χ3v) is 3.42. The molecule has 0 fully saturated rings. The van der Waals surface area contributed by atoms with E-state index in [9.17, 15) is 22.8 Å². The van der Waals surface area contributed by atoms with Gasteiger partial charge >= 0.3 is 6.18 Å². The summed E-state index contributed by atoms with van der Waals surface area (Å²) < 4.78 is 43.0. The van der Waals surface area contributed by atoms with Crippen LogP contribution in [-0.4, -0.2) is 17.8 Å². The molecule has 0 saturated carbocycles. The second kappa shape index (κ2) is 7.38. The molecule has 0 heterocycles. The zero-order valence-corrected chi connectivity index (χ0v) is 13.6. The van der Waals surface area contributed by atoms with Crippen molar-refractivity contribution in [2.45, 2.75) is 26.1 Å². The van der Waals surface area contributed by atoms with Gasteiger partial charge in [-0.25, -0.2) is 0 Å². The third kappa shape index (κ3) is 5.07. The second-order valence-corrected chi connectivity index (χ2v) is 5.41. The van der Waals surface area contributed by atoms with Crippen LogP contribution in [-0.2, 0) is 11.0 Å². The topological polar surface area (TPSA) is 55.4 Å². The van der Waals surface area contributed by atoms with Crippen LogP contribution in [0.5, 0.6) is 5.75 Å². The standard InChI is InChI=1S/C18H16F3NO3/c1-11(23)13-3-9-16(10-4-13)25-12(2)17(24)22-15-7-5-14(6-8-15)18(19,20)21/h3-10,12H,1-2H3,(H,22,24). The van der Waals surface area contributed by atoms with E-state index >= 15 is 0 Å². The molecule has 4 nitrogen and oxygen atoms in total. The van der Waals surface area contributed by atoms with E-state index in [0.29, 0.717) is 11.3 Å². The van der Waals surface area contributed by atoms with Crippen molar-refractivity contribution in [1.29, 1.82) is 0 Å². The zero-order chi connectivity index (χ0) is 18.6. The van der Waals surface area contributed by atoms with E-state index in [0.717, 1.165) is 12.1 Å². The number of anilines is 1. The summed E-state index contributed by atoms with van der Waals surface area (Å²) in [4.78, 5) is 23.3. The Morgan fingerprint density at radius 1 is 1.00 bits per heavy atom. The van der Waals surface area contributed by atoms with Gasteiger partial charge < -0.3 is 10.1 Å². The molecule has 0 aliphatic carbocycles. The molecular weight excluding hydrogens is 335 g/mol. The Morgan fingerprint density at radius 3 is 2.04 bits per heavy atom. The van der Waals surface area contributed by atoms with E-state index in [1.165, 1.54) is 26.0 Å². The highest BCUT2D eigenvalue weighted by molar-refractivity contribution is 5.95. The highest BCUT2D eigenvalue weighted by atomic mass is 19.4. The maximum Gasteiger partial charge on any atom is 0.416 e. The molecule has 1 unspecified atom stereocenters. The van der Waals surface area contributed by atoms with Gasteiger partial charge in [-0.1, -0.05) is 0 Å². The first-order valence-corrected chi connectivity index (χ1v) is 7.42. The molecule has 7 heteroatoms.